The predicted octanol–water partition coefficient (Wildman–Crippen LogP) is 1.53. The number of pyridine rings is 2. The maximum Gasteiger partial charge on any atom is 0.0675 e. The number of rotatable bonds is 4. The van der Waals surface area contributed by atoms with Crippen molar-refractivity contribution in [3.8, 4) is 0 Å². The van der Waals surface area contributed by atoms with Crippen molar-refractivity contribution in [1.82, 2.24) is 15.4 Å². The Balaban J connectivity index is 2.21. The number of hydrazine groups is 1. The zero-order chi connectivity index (χ0) is 12.1. The van der Waals surface area contributed by atoms with Gasteiger partial charge in [-0.15, -0.1) is 0 Å². The molecule has 1 atom stereocenters. The third-order valence-electron chi connectivity index (χ3n) is 2.77. The van der Waals surface area contributed by atoms with Gasteiger partial charge >= 0.3 is 0 Å². The van der Waals surface area contributed by atoms with Gasteiger partial charge in [0.15, 0.2) is 0 Å². The summed E-state index contributed by atoms with van der Waals surface area (Å²) in [5.41, 5.74) is 6.15. The Morgan fingerprint density at radius 2 is 2.00 bits per heavy atom. The first-order valence-corrected chi connectivity index (χ1v) is 5.58. The van der Waals surface area contributed by atoms with Gasteiger partial charge in [0.05, 0.1) is 11.7 Å². The molecule has 4 heteroatoms. The molecule has 2 rings (SSSR count). The molecule has 0 aromatic carbocycles. The Morgan fingerprint density at radius 3 is 2.65 bits per heavy atom. The van der Waals surface area contributed by atoms with E-state index in [1.165, 1.54) is 5.56 Å². The van der Waals surface area contributed by atoms with Crippen LogP contribution in [0.25, 0.3) is 0 Å². The molecule has 0 aliphatic heterocycles. The van der Waals surface area contributed by atoms with Gasteiger partial charge in [-0.25, -0.2) is 0 Å². The molecule has 88 valence electrons. The fraction of sp³-hybridized carbons (Fsp3) is 0.231. The summed E-state index contributed by atoms with van der Waals surface area (Å²) in [7, 11) is 0. The topological polar surface area (TPSA) is 63.8 Å². The normalized spacial score (nSPS) is 12.4. The highest BCUT2D eigenvalue weighted by Crippen LogP contribution is 2.18. The highest BCUT2D eigenvalue weighted by Gasteiger charge is 2.13. The van der Waals surface area contributed by atoms with Crippen molar-refractivity contribution < 1.29 is 0 Å². The van der Waals surface area contributed by atoms with Crippen LogP contribution >= 0.6 is 0 Å². The summed E-state index contributed by atoms with van der Waals surface area (Å²) in [4.78, 5) is 8.39. The Labute approximate surface area is 101 Å². The predicted molar refractivity (Wildman–Crippen MR) is 67.0 cm³/mol. The molecule has 2 heterocycles. The fourth-order valence-corrected chi connectivity index (χ4v) is 1.85. The zero-order valence-corrected chi connectivity index (χ0v) is 9.80. The maximum atomic E-state index is 5.62. The van der Waals surface area contributed by atoms with Crippen LogP contribution < -0.4 is 11.3 Å². The van der Waals surface area contributed by atoms with Crippen LogP contribution in [0.4, 0.5) is 0 Å². The summed E-state index contributed by atoms with van der Waals surface area (Å²) in [5, 5.41) is 0. The number of aryl methyl sites for hydroxylation is 1. The summed E-state index contributed by atoms with van der Waals surface area (Å²) < 4.78 is 0. The van der Waals surface area contributed by atoms with Gasteiger partial charge < -0.3 is 0 Å². The number of nitrogens with zero attached hydrogens (tertiary/aromatic N) is 2. The van der Waals surface area contributed by atoms with Gasteiger partial charge in [-0.1, -0.05) is 6.07 Å². The maximum absolute atomic E-state index is 5.62. The molecule has 0 aliphatic carbocycles. The standard InChI is InChI=1S/C13H16N4/c1-10-3-2-6-16-13(10)12(17-14)9-11-4-7-15-8-5-11/h2-8,12,17H,9,14H2,1H3. The zero-order valence-electron chi connectivity index (χ0n) is 9.80. The number of nitrogens with two attached hydrogens (primary N) is 1. The van der Waals surface area contributed by atoms with E-state index < -0.39 is 0 Å². The van der Waals surface area contributed by atoms with Gasteiger partial charge in [0.1, 0.15) is 0 Å². The highest BCUT2D eigenvalue weighted by atomic mass is 15.2. The van der Waals surface area contributed by atoms with Crippen LogP contribution in [0.2, 0.25) is 0 Å². The van der Waals surface area contributed by atoms with Crippen molar-refractivity contribution in [3.05, 3.63) is 59.7 Å². The summed E-state index contributed by atoms with van der Waals surface area (Å²) in [6.45, 7) is 2.04. The van der Waals surface area contributed by atoms with E-state index in [1.54, 1.807) is 18.6 Å². The monoisotopic (exact) mass is 228 g/mol. The third-order valence-corrected chi connectivity index (χ3v) is 2.77. The largest absolute Gasteiger partial charge is 0.271 e. The molecular formula is C13H16N4. The lowest BCUT2D eigenvalue weighted by atomic mass is 10.0. The van der Waals surface area contributed by atoms with Crippen LogP contribution in [0, 0.1) is 6.92 Å². The second kappa shape index (κ2) is 5.52. The van der Waals surface area contributed by atoms with Crippen LogP contribution in [0.5, 0.6) is 0 Å². The van der Waals surface area contributed by atoms with Crippen LogP contribution in [0.15, 0.2) is 42.9 Å². The van der Waals surface area contributed by atoms with E-state index in [0.29, 0.717) is 0 Å². The Morgan fingerprint density at radius 1 is 1.24 bits per heavy atom. The molecule has 4 nitrogen and oxygen atoms in total. The number of nitrogens with one attached hydrogen (secondary N) is 1. The molecule has 0 spiro atoms. The molecule has 0 saturated carbocycles. The first-order valence-electron chi connectivity index (χ1n) is 5.58. The Hall–Kier alpha value is -1.78. The van der Waals surface area contributed by atoms with Gasteiger partial charge in [-0.2, -0.15) is 0 Å². The fourth-order valence-electron chi connectivity index (χ4n) is 1.85. The van der Waals surface area contributed by atoms with Gasteiger partial charge in [0.2, 0.25) is 0 Å². The second-order valence-electron chi connectivity index (χ2n) is 3.98. The van der Waals surface area contributed by atoms with Crippen molar-refractivity contribution in [1.29, 1.82) is 0 Å². The molecule has 0 saturated heterocycles. The highest BCUT2D eigenvalue weighted by molar-refractivity contribution is 5.23. The lowest BCUT2D eigenvalue weighted by molar-refractivity contribution is 0.535. The van der Waals surface area contributed by atoms with Crippen molar-refractivity contribution in [2.24, 2.45) is 5.84 Å². The molecule has 2 aromatic rings. The molecular weight excluding hydrogens is 212 g/mol. The number of aromatic nitrogens is 2. The van der Waals surface area contributed by atoms with Crippen molar-refractivity contribution in [2.75, 3.05) is 0 Å². The van der Waals surface area contributed by atoms with E-state index in [2.05, 4.69) is 15.4 Å². The number of hydrogen-bond acceptors (Lipinski definition) is 4. The Bertz CT molecular complexity index is 470. The second-order valence-corrected chi connectivity index (χ2v) is 3.98. The average molecular weight is 228 g/mol. The number of hydrogen-bond donors (Lipinski definition) is 2. The first kappa shape index (κ1) is 11.7. The summed E-state index contributed by atoms with van der Waals surface area (Å²) in [6.07, 6.45) is 6.17. The van der Waals surface area contributed by atoms with E-state index in [-0.39, 0.29) is 6.04 Å². The molecule has 0 aliphatic rings. The molecule has 1 unspecified atom stereocenters. The minimum absolute atomic E-state index is 0.0265. The molecule has 0 radical (unpaired) electrons. The van der Waals surface area contributed by atoms with E-state index >= 15 is 0 Å². The molecule has 0 amide bonds. The summed E-state index contributed by atoms with van der Waals surface area (Å²) in [6, 6.07) is 7.97. The Kier molecular flexibility index (Phi) is 3.80. The SMILES string of the molecule is Cc1cccnc1C(Cc1ccncc1)NN. The summed E-state index contributed by atoms with van der Waals surface area (Å²) in [5.74, 6) is 5.62. The van der Waals surface area contributed by atoms with E-state index in [9.17, 15) is 0 Å². The molecule has 2 aromatic heterocycles. The van der Waals surface area contributed by atoms with E-state index in [1.807, 2.05) is 31.2 Å². The van der Waals surface area contributed by atoms with Crippen LogP contribution in [-0.4, -0.2) is 9.97 Å². The van der Waals surface area contributed by atoms with Crippen molar-refractivity contribution >= 4 is 0 Å². The third kappa shape index (κ3) is 2.87. The van der Waals surface area contributed by atoms with Crippen molar-refractivity contribution in [3.63, 3.8) is 0 Å². The minimum Gasteiger partial charge on any atom is -0.271 e. The average Bonchev–Trinajstić information content (AvgIpc) is 2.38. The minimum atomic E-state index is 0.0265. The van der Waals surface area contributed by atoms with E-state index in [0.717, 1.165) is 17.7 Å². The molecule has 0 fully saturated rings. The van der Waals surface area contributed by atoms with Gasteiger partial charge in [0.25, 0.3) is 0 Å². The molecule has 17 heavy (non-hydrogen) atoms. The lowest BCUT2D eigenvalue weighted by Crippen LogP contribution is -2.30. The molecule has 3 N–H and O–H groups in total. The van der Waals surface area contributed by atoms with E-state index in [4.69, 9.17) is 5.84 Å². The lowest BCUT2D eigenvalue weighted by Gasteiger charge is -2.17. The van der Waals surface area contributed by atoms with Crippen LogP contribution in [-0.2, 0) is 6.42 Å². The van der Waals surface area contributed by atoms with Gasteiger partial charge in [-0.3, -0.25) is 21.2 Å². The first-order chi connectivity index (χ1) is 8.31. The van der Waals surface area contributed by atoms with Gasteiger partial charge in [-0.05, 0) is 42.7 Å². The van der Waals surface area contributed by atoms with Crippen LogP contribution in [0.1, 0.15) is 22.9 Å². The van der Waals surface area contributed by atoms with Crippen molar-refractivity contribution in [2.45, 2.75) is 19.4 Å². The van der Waals surface area contributed by atoms with Crippen LogP contribution in [0.3, 0.4) is 0 Å². The summed E-state index contributed by atoms with van der Waals surface area (Å²) >= 11 is 0. The van der Waals surface area contributed by atoms with Gasteiger partial charge in [0, 0.05) is 18.6 Å². The molecule has 0 bridgehead atoms. The smallest absolute Gasteiger partial charge is 0.0675 e. The quantitative estimate of drug-likeness (QED) is 0.615.